The zero-order chi connectivity index (χ0) is 20.5. The lowest BCUT2D eigenvalue weighted by Crippen LogP contribution is -2.41. The first-order chi connectivity index (χ1) is 13.2. The van der Waals surface area contributed by atoms with E-state index < -0.39 is 5.97 Å². The second-order valence-corrected chi connectivity index (χ2v) is 10.3. The predicted molar refractivity (Wildman–Crippen MR) is 123 cm³/mol. The fourth-order valence-corrected chi connectivity index (χ4v) is 5.57. The van der Waals surface area contributed by atoms with Gasteiger partial charge in [-0.25, -0.2) is 4.79 Å². The quantitative estimate of drug-likeness (QED) is 0.439. The van der Waals surface area contributed by atoms with Gasteiger partial charge in [0.2, 0.25) is 0 Å². The van der Waals surface area contributed by atoms with Gasteiger partial charge in [-0.3, -0.25) is 0 Å². The first-order valence-corrected chi connectivity index (χ1v) is 11.2. The molecule has 4 nitrogen and oxygen atoms in total. The van der Waals surface area contributed by atoms with Gasteiger partial charge >= 0.3 is 5.97 Å². The number of benzene rings is 1. The Bertz CT molecular complexity index is 880. The van der Waals surface area contributed by atoms with Crippen LogP contribution in [-0.2, 0) is 4.74 Å². The van der Waals surface area contributed by atoms with E-state index in [2.05, 4.69) is 31.4 Å². The number of carbonyl (C=O) groups excluding carboxylic acids is 1. The molecule has 1 fully saturated rings. The molecule has 0 unspecified atom stereocenters. The Balaban J connectivity index is 1.61. The van der Waals surface area contributed by atoms with Gasteiger partial charge in [0.05, 0.1) is 12.1 Å². The molecule has 0 bridgehead atoms. The van der Waals surface area contributed by atoms with Gasteiger partial charge in [0.15, 0.2) is 5.11 Å². The summed E-state index contributed by atoms with van der Waals surface area (Å²) in [5, 5.41) is 8.64. The van der Waals surface area contributed by atoms with Crippen molar-refractivity contribution < 1.29 is 9.53 Å². The van der Waals surface area contributed by atoms with Crippen molar-refractivity contribution in [2.45, 2.75) is 52.5 Å². The Labute approximate surface area is 181 Å². The molecule has 0 spiro atoms. The highest BCUT2D eigenvalue weighted by Gasteiger charge is 2.29. The number of hydrogen-bond acceptors (Lipinski definition) is 4. The summed E-state index contributed by atoms with van der Waals surface area (Å²) in [7, 11) is 1.36. The van der Waals surface area contributed by atoms with Gasteiger partial charge in [0.1, 0.15) is 4.88 Å². The van der Waals surface area contributed by atoms with Crippen molar-refractivity contribution in [2.24, 2.45) is 11.3 Å². The van der Waals surface area contributed by atoms with Crippen molar-refractivity contribution in [3.8, 4) is 0 Å². The van der Waals surface area contributed by atoms with E-state index in [1.807, 2.05) is 18.2 Å². The van der Waals surface area contributed by atoms with Crippen LogP contribution in [0.25, 0.3) is 10.1 Å². The molecule has 0 saturated heterocycles. The van der Waals surface area contributed by atoms with Crippen LogP contribution >= 0.6 is 35.2 Å². The largest absolute Gasteiger partial charge is 0.465 e. The standard InChI is InChI=1S/C21H27ClN2O2S2/c1-21(2,3)12-5-7-13(8-6-12)23-20(27)24-14-9-10-15-16(11-14)28-18(17(15)22)19(25)26-4/h9-13H,5-8H2,1-4H3,(H2,23,24,27). The van der Waals surface area contributed by atoms with Crippen LogP contribution in [0.1, 0.15) is 56.1 Å². The molecule has 1 heterocycles. The van der Waals surface area contributed by atoms with Crippen LogP contribution in [0.4, 0.5) is 5.69 Å². The molecule has 1 aromatic carbocycles. The minimum atomic E-state index is -0.413. The summed E-state index contributed by atoms with van der Waals surface area (Å²) in [6.45, 7) is 6.99. The summed E-state index contributed by atoms with van der Waals surface area (Å²) in [4.78, 5) is 12.3. The van der Waals surface area contributed by atoms with Crippen LogP contribution in [0.5, 0.6) is 0 Å². The molecular formula is C21H27ClN2O2S2. The maximum atomic E-state index is 11.8. The number of ether oxygens (including phenoxy) is 1. The monoisotopic (exact) mass is 438 g/mol. The Kier molecular flexibility index (Phi) is 6.52. The lowest BCUT2D eigenvalue weighted by atomic mass is 9.71. The van der Waals surface area contributed by atoms with E-state index >= 15 is 0 Å². The van der Waals surface area contributed by atoms with Crippen LogP contribution in [0.3, 0.4) is 0 Å². The highest BCUT2D eigenvalue weighted by atomic mass is 35.5. The van der Waals surface area contributed by atoms with Crippen molar-refractivity contribution in [1.29, 1.82) is 0 Å². The average molecular weight is 439 g/mol. The number of anilines is 1. The molecule has 2 aromatic rings. The summed E-state index contributed by atoms with van der Waals surface area (Å²) in [5.74, 6) is 0.367. The Morgan fingerprint density at radius 2 is 1.93 bits per heavy atom. The van der Waals surface area contributed by atoms with Gasteiger partial charge in [0, 0.05) is 21.8 Å². The summed E-state index contributed by atoms with van der Waals surface area (Å²) in [5.41, 5.74) is 1.26. The maximum absolute atomic E-state index is 11.8. The summed E-state index contributed by atoms with van der Waals surface area (Å²) >= 11 is 13.2. The van der Waals surface area contributed by atoms with Crippen molar-refractivity contribution >= 4 is 62.0 Å². The van der Waals surface area contributed by atoms with E-state index in [1.54, 1.807) is 0 Å². The number of nitrogens with one attached hydrogen (secondary N) is 2. The number of fused-ring (bicyclic) bond motifs is 1. The second kappa shape index (κ2) is 8.56. The lowest BCUT2D eigenvalue weighted by molar-refractivity contribution is 0.0606. The van der Waals surface area contributed by atoms with E-state index in [0.29, 0.717) is 26.5 Å². The van der Waals surface area contributed by atoms with Gasteiger partial charge < -0.3 is 15.4 Å². The fourth-order valence-electron chi connectivity index (χ4n) is 3.82. The minimum absolute atomic E-state index is 0.379. The molecule has 2 N–H and O–H groups in total. The topological polar surface area (TPSA) is 50.4 Å². The molecule has 1 aliphatic rings. The van der Waals surface area contributed by atoms with Crippen molar-refractivity contribution in [3.05, 3.63) is 28.1 Å². The number of esters is 1. The molecule has 0 aliphatic heterocycles. The third-order valence-corrected chi connectivity index (χ3v) is 7.40. The highest BCUT2D eigenvalue weighted by molar-refractivity contribution is 7.80. The van der Waals surface area contributed by atoms with E-state index in [0.717, 1.165) is 34.5 Å². The molecule has 3 rings (SSSR count). The van der Waals surface area contributed by atoms with Crippen LogP contribution in [0.15, 0.2) is 18.2 Å². The molecule has 1 aromatic heterocycles. The normalized spacial score (nSPS) is 20.0. The van der Waals surface area contributed by atoms with Crippen LogP contribution in [0, 0.1) is 11.3 Å². The van der Waals surface area contributed by atoms with E-state index in [9.17, 15) is 4.79 Å². The number of rotatable bonds is 3. The maximum Gasteiger partial charge on any atom is 0.349 e. The molecular weight excluding hydrogens is 412 g/mol. The van der Waals surface area contributed by atoms with Gasteiger partial charge in [-0.1, -0.05) is 32.4 Å². The zero-order valence-electron chi connectivity index (χ0n) is 16.7. The van der Waals surface area contributed by atoms with E-state index in [1.165, 1.54) is 31.3 Å². The van der Waals surface area contributed by atoms with Gasteiger partial charge in [-0.2, -0.15) is 0 Å². The number of thiophene rings is 1. The summed E-state index contributed by atoms with van der Waals surface area (Å²) < 4.78 is 5.72. The first kappa shape index (κ1) is 21.3. The molecule has 0 atom stereocenters. The van der Waals surface area contributed by atoms with Gasteiger partial charge in [0.25, 0.3) is 0 Å². The summed E-state index contributed by atoms with van der Waals surface area (Å²) in [6.07, 6.45) is 4.76. The van der Waals surface area contributed by atoms with E-state index in [4.69, 9.17) is 28.6 Å². The molecule has 1 saturated carbocycles. The Hall–Kier alpha value is -1.37. The number of carbonyl (C=O) groups is 1. The predicted octanol–water partition coefficient (Wildman–Crippen LogP) is 6.23. The zero-order valence-corrected chi connectivity index (χ0v) is 19.1. The van der Waals surface area contributed by atoms with Gasteiger partial charge in [-0.05, 0) is 67.4 Å². The molecule has 0 amide bonds. The number of methoxy groups -OCH3 is 1. The Morgan fingerprint density at radius 1 is 1.25 bits per heavy atom. The fraction of sp³-hybridized carbons (Fsp3) is 0.524. The molecule has 1 aliphatic carbocycles. The van der Waals surface area contributed by atoms with Crippen molar-refractivity contribution in [3.63, 3.8) is 0 Å². The third kappa shape index (κ3) is 4.78. The number of hydrogen-bond donors (Lipinski definition) is 2. The molecule has 28 heavy (non-hydrogen) atoms. The third-order valence-electron chi connectivity index (χ3n) is 5.55. The van der Waals surface area contributed by atoms with E-state index in [-0.39, 0.29) is 0 Å². The second-order valence-electron chi connectivity index (χ2n) is 8.46. The highest BCUT2D eigenvalue weighted by Crippen LogP contribution is 2.38. The molecule has 152 valence electrons. The number of halogens is 1. The summed E-state index contributed by atoms with van der Waals surface area (Å²) in [6, 6.07) is 6.21. The SMILES string of the molecule is COC(=O)c1sc2cc(NC(=S)NC3CCC(C(C)(C)C)CC3)ccc2c1Cl. The van der Waals surface area contributed by atoms with Crippen LogP contribution < -0.4 is 10.6 Å². The molecule has 7 heteroatoms. The minimum Gasteiger partial charge on any atom is -0.465 e. The lowest BCUT2D eigenvalue weighted by Gasteiger charge is -2.37. The Morgan fingerprint density at radius 3 is 2.54 bits per heavy atom. The van der Waals surface area contributed by atoms with Crippen LogP contribution in [-0.4, -0.2) is 24.2 Å². The van der Waals surface area contributed by atoms with Crippen molar-refractivity contribution in [2.75, 3.05) is 12.4 Å². The van der Waals surface area contributed by atoms with Crippen molar-refractivity contribution in [1.82, 2.24) is 5.32 Å². The molecule has 0 radical (unpaired) electrons. The van der Waals surface area contributed by atoms with Crippen LogP contribution in [0.2, 0.25) is 5.02 Å². The first-order valence-electron chi connectivity index (χ1n) is 9.57. The smallest absolute Gasteiger partial charge is 0.349 e. The average Bonchev–Trinajstić information content (AvgIpc) is 2.97. The van der Waals surface area contributed by atoms with Gasteiger partial charge in [-0.15, -0.1) is 11.3 Å². The number of thiocarbonyl (C=S) groups is 1.